The normalized spacial score (nSPS) is 13.4. The summed E-state index contributed by atoms with van der Waals surface area (Å²) in [7, 11) is -1.98. The van der Waals surface area contributed by atoms with Crippen LogP contribution < -0.4 is 0 Å². The number of hydrogen-bond acceptors (Lipinski definition) is 2. The molecule has 0 aliphatic carbocycles. The molecule has 84 valence electrons. The first-order valence-corrected chi connectivity index (χ1v) is 7.89. The Balaban J connectivity index is 4.32. The van der Waals surface area contributed by atoms with Crippen molar-refractivity contribution in [3.05, 3.63) is 12.2 Å². The van der Waals surface area contributed by atoms with Crippen LogP contribution in [0, 0.1) is 0 Å². The van der Waals surface area contributed by atoms with Crippen LogP contribution in [-0.4, -0.2) is 20.8 Å². The molecule has 0 N–H and O–H groups in total. The van der Waals surface area contributed by atoms with Crippen molar-refractivity contribution in [3.63, 3.8) is 0 Å². The van der Waals surface area contributed by atoms with Crippen LogP contribution in [0.3, 0.4) is 0 Å². The second kappa shape index (κ2) is 6.38. The molecular weight excluding hydrogens is 192 g/mol. The Morgan fingerprint density at radius 2 is 1.50 bits per heavy atom. The Kier molecular flexibility index (Phi) is 6.32. The molecule has 14 heavy (non-hydrogen) atoms. The van der Waals surface area contributed by atoms with Crippen molar-refractivity contribution in [2.45, 2.75) is 59.4 Å². The molecule has 0 unspecified atom stereocenters. The van der Waals surface area contributed by atoms with Crippen LogP contribution in [0.15, 0.2) is 12.2 Å². The van der Waals surface area contributed by atoms with Gasteiger partial charge in [0.2, 0.25) is 0 Å². The lowest BCUT2D eigenvalue weighted by Gasteiger charge is -2.30. The molecule has 0 heterocycles. The van der Waals surface area contributed by atoms with Crippen LogP contribution in [0.1, 0.15) is 34.6 Å². The van der Waals surface area contributed by atoms with Gasteiger partial charge in [-0.2, -0.15) is 0 Å². The van der Waals surface area contributed by atoms with Crippen molar-refractivity contribution in [2.24, 2.45) is 0 Å². The molecule has 0 radical (unpaired) electrons. The highest BCUT2D eigenvalue weighted by molar-refractivity contribution is 6.66. The fourth-order valence-electron chi connectivity index (χ4n) is 1.45. The van der Waals surface area contributed by atoms with Crippen molar-refractivity contribution in [2.75, 3.05) is 0 Å². The summed E-state index contributed by atoms with van der Waals surface area (Å²) in [6, 6.07) is 0.930. The zero-order valence-electron chi connectivity index (χ0n) is 10.3. The van der Waals surface area contributed by atoms with Crippen LogP contribution in [0.5, 0.6) is 0 Å². The summed E-state index contributed by atoms with van der Waals surface area (Å²) in [6.07, 6.45) is 4.68. The molecular formula is C11H24O2Si. The van der Waals surface area contributed by atoms with E-state index in [2.05, 4.69) is 46.4 Å². The molecule has 0 aliphatic heterocycles. The first-order chi connectivity index (χ1) is 6.39. The van der Waals surface area contributed by atoms with Gasteiger partial charge in [-0.15, -0.1) is 0 Å². The maximum absolute atomic E-state index is 5.92. The summed E-state index contributed by atoms with van der Waals surface area (Å²) in [4.78, 5) is 0. The van der Waals surface area contributed by atoms with Gasteiger partial charge < -0.3 is 8.85 Å². The molecule has 3 heteroatoms. The van der Waals surface area contributed by atoms with Crippen molar-refractivity contribution >= 4 is 8.56 Å². The van der Waals surface area contributed by atoms with Gasteiger partial charge in [-0.3, -0.25) is 0 Å². The van der Waals surface area contributed by atoms with Gasteiger partial charge in [0.05, 0.1) is 0 Å². The lowest BCUT2D eigenvalue weighted by Crippen LogP contribution is -2.42. The third-order valence-corrected chi connectivity index (χ3v) is 4.61. The van der Waals surface area contributed by atoms with Gasteiger partial charge in [0.15, 0.2) is 0 Å². The maximum Gasteiger partial charge on any atom is 0.339 e. The second-order valence-electron chi connectivity index (χ2n) is 4.24. The minimum atomic E-state index is -1.98. The summed E-state index contributed by atoms with van der Waals surface area (Å²) in [5, 5.41) is 0. The van der Waals surface area contributed by atoms with Gasteiger partial charge in [-0.1, -0.05) is 12.2 Å². The summed E-state index contributed by atoms with van der Waals surface area (Å²) in [6.45, 7) is 12.4. The van der Waals surface area contributed by atoms with Gasteiger partial charge in [0.25, 0.3) is 0 Å². The lowest BCUT2D eigenvalue weighted by atomic mass is 10.5. The molecule has 0 aliphatic rings. The van der Waals surface area contributed by atoms with Crippen LogP contribution in [0.4, 0.5) is 0 Å². The van der Waals surface area contributed by atoms with E-state index in [0.29, 0.717) is 0 Å². The van der Waals surface area contributed by atoms with E-state index < -0.39 is 8.56 Å². The maximum atomic E-state index is 5.92. The molecule has 0 saturated carbocycles. The average molecular weight is 216 g/mol. The Bertz CT molecular complexity index is 166. The summed E-state index contributed by atoms with van der Waals surface area (Å²) in [5.41, 5.74) is 0. The van der Waals surface area contributed by atoms with Gasteiger partial charge in [-0.05, 0) is 41.2 Å². The molecule has 0 aromatic rings. The molecule has 0 spiro atoms. The fourth-order valence-corrected chi connectivity index (χ4v) is 4.36. The Morgan fingerprint density at radius 3 is 1.79 bits per heavy atom. The van der Waals surface area contributed by atoms with Crippen molar-refractivity contribution < 1.29 is 8.85 Å². The Labute approximate surface area is 89.6 Å². The monoisotopic (exact) mass is 216 g/mol. The molecule has 0 atom stereocenters. The van der Waals surface area contributed by atoms with E-state index in [4.69, 9.17) is 8.85 Å². The number of allylic oxidation sites excluding steroid dienone is 2. The third-order valence-electron chi connectivity index (χ3n) is 1.69. The molecule has 0 aromatic heterocycles. The van der Waals surface area contributed by atoms with Gasteiger partial charge in [0, 0.05) is 18.3 Å². The smallest absolute Gasteiger partial charge is 0.339 e. The number of hydrogen-bond donors (Lipinski definition) is 0. The number of rotatable bonds is 6. The van der Waals surface area contributed by atoms with Crippen LogP contribution >= 0.6 is 0 Å². The molecule has 0 saturated heterocycles. The highest BCUT2D eigenvalue weighted by Crippen LogP contribution is 2.18. The minimum Gasteiger partial charge on any atom is -0.392 e. The van der Waals surface area contributed by atoms with Gasteiger partial charge in [-0.25, -0.2) is 0 Å². The summed E-state index contributed by atoms with van der Waals surface area (Å²) < 4.78 is 11.8. The molecule has 0 aromatic carbocycles. The molecule has 0 bridgehead atoms. The van der Waals surface area contributed by atoms with E-state index in [-0.39, 0.29) is 12.2 Å². The summed E-state index contributed by atoms with van der Waals surface area (Å²) in [5.74, 6) is 0. The van der Waals surface area contributed by atoms with Crippen LogP contribution in [0.2, 0.25) is 12.6 Å². The van der Waals surface area contributed by atoms with Crippen molar-refractivity contribution in [1.29, 1.82) is 0 Å². The van der Waals surface area contributed by atoms with Crippen molar-refractivity contribution in [1.82, 2.24) is 0 Å². The zero-order valence-corrected chi connectivity index (χ0v) is 11.3. The Hall–Kier alpha value is -0.123. The van der Waals surface area contributed by atoms with E-state index in [1.165, 1.54) is 0 Å². The van der Waals surface area contributed by atoms with Gasteiger partial charge >= 0.3 is 8.56 Å². The molecule has 0 fully saturated rings. The SMILES string of the molecule is C/C=C/C[Si](C)(OC(C)C)OC(C)C. The molecule has 2 nitrogen and oxygen atoms in total. The lowest BCUT2D eigenvalue weighted by molar-refractivity contribution is 0.111. The highest BCUT2D eigenvalue weighted by atomic mass is 28.4. The first-order valence-electron chi connectivity index (χ1n) is 5.36. The molecule has 0 rings (SSSR count). The largest absolute Gasteiger partial charge is 0.392 e. The predicted molar refractivity (Wildman–Crippen MR) is 63.7 cm³/mol. The van der Waals surface area contributed by atoms with E-state index in [0.717, 1.165) is 6.04 Å². The molecule has 0 amide bonds. The van der Waals surface area contributed by atoms with Crippen LogP contribution in [-0.2, 0) is 8.85 Å². The van der Waals surface area contributed by atoms with E-state index in [9.17, 15) is 0 Å². The zero-order chi connectivity index (χ0) is 11.2. The second-order valence-corrected chi connectivity index (χ2v) is 7.39. The minimum absolute atomic E-state index is 0.246. The van der Waals surface area contributed by atoms with Crippen LogP contribution in [0.25, 0.3) is 0 Å². The van der Waals surface area contributed by atoms with Gasteiger partial charge in [0.1, 0.15) is 0 Å². The average Bonchev–Trinajstić information content (AvgIpc) is 1.97. The first kappa shape index (κ1) is 13.9. The topological polar surface area (TPSA) is 18.5 Å². The predicted octanol–water partition coefficient (Wildman–Crippen LogP) is 3.48. The van der Waals surface area contributed by atoms with E-state index in [1.807, 2.05) is 6.92 Å². The Morgan fingerprint density at radius 1 is 1.07 bits per heavy atom. The third kappa shape index (κ3) is 6.35. The quantitative estimate of drug-likeness (QED) is 0.500. The standard InChI is InChI=1S/C11H24O2Si/c1-7-8-9-14(6,12-10(2)3)13-11(4)5/h7-8,10-11H,9H2,1-6H3/b8-7+. The van der Waals surface area contributed by atoms with E-state index in [1.54, 1.807) is 0 Å². The fraction of sp³-hybridized carbons (Fsp3) is 0.818. The summed E-state index contributed by atoms with van der Waals surface area (Å²) >= 11 is 0. The van der Waals surface area contributed by atoms with Crippen molar-refractivity contribution in [3.8, 4) is 0 Å². The highest BCUT2D eigenvalue weighted by Gasteiger charge is 2.32. The van der Waals surface area contributed by atoms with E-state index >= 15 is 0 Å².